The van der Waals surface area contributed by atoms with E-state index in [1.165, 1.54) is 0 Å². The van der Waals surface area contributed by atoms with Crippen LogP contribution in [0, 0.1) is 6.92 Å². The van der Waals surface area contributed by atoms with Crippen molar-refractivity contribution in [1.82, 2.24) is 30.2 Å². The van der Waals surface area contributed by atoms with Gasteiger partial charge < -0.3 is 34.1 Å². The van der Waals surface area contributed by atoms with Gasteiger partial charge in [0, 0.05) is 65.2 Å². The number of amides is 1. The van der Waals surface area contributed by atoms with Gasteiger partial charge in [0.2, 0.25) is 5.91 Å². The SMILES string of the molecule is Cc1ccc(C(NCCCC[C@H](NC(=O)CCC(C(=O)OC(C)(C)C)N2CCN(CC(=O)OC(C)(C)C)CCN(C(CCC(=O)O)C(=O)OC(C)(C)C)CCN(CC(=O)OC(C)(C)C)CC2)C(=O)OC(C)(C)C)(c2ccccc2)c2ccccc2)cc1. The van der Waals surface area contributed by atoms with Crippen LogP contribution in [0.15, 0.2) is 84.9 Å². The lowest BCUT2D eigenvalue weighted by Crippen LogP contribution is -2.54. The molecule has 0 aromatic heterocycles. The molecule has 3 aromatic carbocycles. The fraction of sp³-hybridized carbons (Fsp3) is 0.632. The molecule has 1 saturated heterocycles. The Morgan fingerprint density at radius 3 is 1.21 bits per heavy atom. The molecular formula is C68H104N6O13. The Morgan fingerprint density at radius 1 is 0.460 bits per heavy atom. The summed E-state index contributed by atoms with van der Waals surface area (Å²) in [4.78, 5) is 104. The number of carboxylic acid groups (broad SMARTS) is 1. The van der Waals surface area contributed by atoms with E-state index in [-0.39, 0.29) is 97.6 Å². The summed E-state index contributed by atoms with van der Waals surface area (Å²) >= 11 is 0. The van der Waals surface area contributed by atoms with Crippen LogP contribution >= 0.6 is 0 Å². The number of nitrogens with zero attached hydrogens (tertiary/aromatic N) is 4. The molecule has 4 rings (SSSR count). The zero-order chi connectivity index (χ0) is 65.0. The van der Waals surface area contributed by atoms with Crippen LogP contribution in [-0.2, 0) is 62.8 Å². The van der Waals surface area contributed by atoms with Crippen molar-refractivity contribution < 1.29 is 62.4 Å². The minimum absolute atomic E-state index is 0.0289. The van der Waals surface area contributed by atoms with Crippen LogP contribution in [0.1, 0.15) is 171 Å². The molecule has 0 radical (unpaired) electrons. The van der Waals surface area contributed by atoms with Crippen LogP contribution in [-0.4, -0.2) is 185 Å². The molecule has 19 nitrogen and oxygen atoms in total. The summed E-state index contributed by atoms with van der Waals surface area (Å²) < 4.78 is 29.4. The summed E-state index contributed by atoms with van der Waals surface area (Å²) in [7, 11) is 0. The largest absolute Gasteiger partial charge is 0.481 e. The van der Waals surface area contributed by atoms with Gasteiger partial charge in [0.1, 0.15) is 46.1 Å². The molecule has 0 spiro atoms. The number of hydrogen-bond acceptors (Lipinski definition) is 17. The molecule has 1 heterocycles. The van der Waals surface area contributed by atoms with E-state index in [1.807, 2.05) is 56.0 Å². The first kappa shape index (κ1) is 73.2. The summed E-state index contributed by atoms with van der Waals surface area (Å²) in [5.41, 5.74) is -0.613. The van der Waals surface area contributed by atoms with Gasteiger partial charge in [-0.25, -0.2) is 4.79 Å². The zero-order valence-corrected chi connectivity index (χ0v) is 55.2. The third kappa shape index (κ3) is 26.9. The lowest BCUT2D eigenvalue weighted by molar-refractivity contribution is -0.164. The van der Waals surface area contributed by atoms with Crippen LogP contribution < -0.4 is 10.6 Å². The van der Waals surface area contributed by atoms with Crippen LogP contribution in [0.5, 0.6) is 0 Å². The fourth-order valence-corrected chi connectivity index (χ4v) is 10.4. The number of esters is 5. The Morgan fingerprint density at radius 2 is 0.828 bits per heavy atom. The molecule has 3 atom stereocenters. The number of aliphatic carboxylic acids is 1. The number of hydrogen-bond donors (Lipinski definition) is 3. The zero-order valence-electron chi connectivity index (χ0n) is 55.2. The second-order valence-corrected chi connectivity index (χ2v) is 27.8. The predicted octanol–water partition coefficient (Wildman–Crippen LogP) is 8.84. The average Bonchev–Trinajstić information content (AvgIpc) is 0.913. The molecule has 0 aliphatic carbocycles. The Kier molecular flexibility index (Phi) is 27.6. The molecule has 484 valence electrons. The first-order valence-electron chi connectivity index (χ1n) is 30.9. The number of rotatable bonds is 25. The number of nitrogens with one attached hydrogen (secondary N) is 2. The number of unbranched alkanes of at least 4 members (excludes halogenated alkanes) is 1. The smallest absolute Gasteiger partial charge is 0.329 e. The Balaban J connectivity index is 1.68. The van der Waals surface area contributed by atoms with Crippen molar-refractivity contribution in [3.8, 4) is 0 Å². The van der Waals surface area contributed by atoms with E-state index in [9.17, 15) is 38.7 Å². The minimum Gasteiger partial charge on any atom is -0.481 e. The molecule has 1 aliphatic rings. The average molecular weight is 1210 g/mol. The minimum atomic E-state index is -1.08. The van der Waals surface area contributed by atoms with Crippen molar-refractivity contribution in [2.45, 2.75) is 207 Å². The van der Waals surface area contributed by atoms with E-state index in [2.05, 4.69) is 66.1 Å². The molecule has 0 saturated carbocycles. The maximum Gasteiger partial charge on any atom is 0.329 e. The van der Waals surface area contributed by atoms with Crippen molar-refractivity contribution in [3.63, 3.8) is 0 Å². The molecule has 3 N–H and O–H groups in total. The first-order chi connectivity index (χ1) is 40.4. The van der Waals surface area contributed by atoms with Crippen molar-refractivity contribution in [2.75, 3.05) is 72.0 Å². The van der Waals surface area contributed by atoms with Crippen molar-refractivity contribution in [3.05, 3.63) is 107 Å². The Bertz CT molecular complexity index is 2580. The summed E-state index contributed by atoms with van der Waals surface area (Å²) in [5, 5.41) is 16.7. The van der Waals surface area contributed by atoms with E-state index in [4.69, 9.17) is 23.7 Å². The molecule has 3 aromatic rings. The predicted molar refractivity (Wildman–Crippen MR) is 337 cm³/mol. The molecule has 1 fully saturated rings. The molecule has 1 amide bonds. The highest BCUT2D eigenvalue weighted by molar-refractivity contribution is 5.85. The summed E-state index contributed by atoms with van der Waals surface area (Å²) in [6, 6.07) is 26.1. The lowest BCUT2D eigenvalue weighted by Gasteiger charge is -2.38. The molecule has 0 bridgehead atoms. The van der Waals surface area contributed by atoms with E-state index in [0.29, 0.717) is 19.4 Å². The third-order valence-corrected chi connectivity index (χ3v) is 14.1. The number of ether oxygens (including phenoxy) is 5. The van der Waals surface area contributed by atoms with Crippen LogP contribution in [0.25, 0.3) is 0 Å². The normalized spacial score (nSPS) is 16.2. The highest BCUT2D eigenvalue weighted by Gasteiger charge is 2.38. The van der Waals surface area contributed by atoms with E-state index < -0.39 is 93.4 Å². The van der Waals surface area contributed by atoms with Crippen molar-refractivity contribution in [2.24, 2.45) is 0 Å². The first-order valence-corrected chi connectivity index (χ1v) is 30.9. The van der Waals surface area contributed by atoms with Gasteiger partial charge in [-0.15, -0.1) is 0 Å². The standard InChI is InChI=1S/C68H104N6O13/c1-49-30-32-52(33-31-49)68(50-25-19-17-20-26-50,51-27-21-18-22-28-51)69-38-24-23-29-53(60(80)85-65(8,9)10)70-56(75)36-34-54(61(81)86-66(11,12)13)73-43-39-71(47-58(78)83-63(2,3)4)41-45-74(55(35-37-57(76)77)62(82)87-67(14,15)16)46-42-72(40-44-73)48-59(79)84-64(5,6)7/h17-22,25-28,30-33,53-55,69H,23-24,29,34-48H2,1-16H3,(H,70,75)(H,76,77)/t53-,54?,55?/m0/s1. The number of carboxylic acids is 1. The van der Waals surface area contributed by atoms with Crippen molar-refractivity contribution >= 4 is 41.7 Å². The maximum absolute atomic E-state index is 14.7. The Labute approximate surface area is 518 Å². The van der Waals surface area contributed by atoms with Gasteiger partial charge in [-0.1, -0.05) is 90.5 Å². The van der Waals surface area contributed by atoms with Crippen LogP contribution in [0.4, 0.5) is 0 Å². The van der Waals surface area contributed by atoms with Crippen LogP contribution in [0.3, 0.4) is 0 Å². The highest BCUT2D eigenvalue weighted by atomic mass is 16.6. The summed E-state index contributed by atoms with van der Waals surface area (Å²) in [5.74, 6) is -4.33. The van der Waals surface area contributed by atoms with E-state index >= 15 is 0 Å². The van der Waals surface area contributed by atoms with E-state index in [0.717, 1.165) is 22.3 Å². The van der Waals surface area contributed by atoms with Gasteiger partial charge in [-0.3, -0.25) is 53.7 Å². The van der Waals surface area contributed by atoms with Gasteiger partial charge in [0.05, 0.1) is 18.6 Å². The van der Waals surface area contributed by atoms with Gasteiger partial charge in [-0.2, -0.15) is 0 Å². The monoisotopic (exact) mass is 1210 g/mol. The molecule has 2 unspecified atom stereocenters. The topological polar surface area (TPSA) is 223 Å². The van der Waals surface area contributed by atoms with Crippen molar-refractivity contribution in [1.29, 1.82) is 0 Å². The lowest BCUT2D eigenvalue weighted by atomic mass is 9.76. The fourth-order valence-electron chi connectivity index (χ4n) is 10.4. The Hall–Kier alpha value is -6.25. The second kappa shape index (κ2) is 32.8. The number of carbonyl (C=O) groups excluding carboxylic acids is 6. The van der Waals surface area contributed by atoms with Crippen LogP contribution in [0.2, 0.25) is 0 Å². The maximum atomic E-state index is 14.7. The van der Waals surface area contributed by atoms with Gasteiger partial charge >= 0.3 is 35.8 Å². The molecule has 1 aliphatic heterocycles. The molecule has 19 heteroatoms. The molecule has 87 heavy (non-hydrogen) atoms. The quantitative estimate of drug-likeness (QED) is 0.0312. The number of aryl methyl sites for hydroxylation is 1. The van der Waals surface area contributed by atoms with Gasteiger partial charge in [0.15, 0.2) is 0 Å². The number of benzene rings is 3. The van der Waals surface area contributed by atoms with Gasteiger partial charge in [-0.05, 0) is 166 Å². The second-order valence-electron chi connectivity index (χ2n) is 27.8. The van der Waals surface area contributed by atoms with E-state index in [1.54, 1.807) is 104 Å². The van der Waals surface area contributed by atoms with Gasteiger partial charge in [0.25, 0.3) is 0 Å². The summed E-state index contributed by atoms with van der Waals surface area (Å²) in [6.07, 6.45) is 0.865. The summed E-state index contributed by atoms with van der Waals surface area (Å²) in [6.45, 7) is 30.2. The highest BCUT2D eigenvalue weighted by Crippen LogP contribution is 2.37. The molecular weight excluding hydrogens is 1110 g/mol. The number of carbonyl (C=O) groups is 7. The third-order valence-electron chi connectivity index (χ3n) is 14.1.